The third kappa shape index (κ3) is 29.7. The first-order chi connectivity index (χ1) is 15.4. The molecule has 0 spiro atoms. The fraction of sp³-hybridized carbons (Fsp3) is 0.933. The van der Waals surface area contributed by atoms with Crippen molar-refractivity contribution in [2.24, 2.45) is 0 Å². The Bertz CT molecular complexity index is 322. The van der Waals surface area contributed by atoms with Gasteiger partial charge in [0.15, 0.2) is 0 Å². The summed E-state index contributed by atoms with van der Waals surface area (Å²) in [5.41, 5.74) is 0. The molecule has 1 heteroatoms. The second-order valence-electron chi connectivity index (χ2n) is 9.73. The fourth-order valence-corrected chi connectivity index (χ4v) is 4.25. The molecule has 0 bridgehead atoms. The van der Waals surface area contributed by atoms with E-state index in [1.54, 1.807) is 0 Å². The lowest BCUT2D eigenvalue weighted by Crippen LogP contribution is -1.97. The predicted octanol–water partition coefficient (Wildman–Crippen LogP) is 11.0. The van der Waals surface area contributed by atoms with E-state index in [2.05, 4.69) is 26.0 Å². The molecular formula is C30H60O. The lowest BCUT2D eigenvalue weighted by atomic mass is 10.1. The molecule has 1 nitrogen and oxygen atoms in total. The molecule has 0 aromatic carbocycles. The summed E-state index contributed by atoms with van der Waals surface area (Å²) in [5.74, 6) is 0. The standard InChI is InChI=1S/C30H60O/c1-3-5-7-9-11-13-15-16-17-18-19-20-22-24-26-28-30-31-29-27-25-23-21-14-12-10-8-6-4-2/h16-17H,3-15,18-30H2,1-2H3/b17-16-. The summed E-state index contributed by atoms with van der Waals surface area (Å²) in [7, 11) is 0. The van der Waals surface area contributed by atoms with Gasteiger partial charge in [-0.15, -0.1) is 0 Å². The van der Waals surface area contributed by atoms with Gasteiger partial charge in [-0.05, 0) is 38.5 Å². The van der Waals surface area contributed by atoms with Gasteiger partial charge in [0, 0.05) is 13.2 Å². The Morgan fingerprint density at radius 3 is 1.00 bits per heavy atom. The normalized spacial score (nSPS) is 11.7. The van der Waals surface area contributed by atoms with E-state index in [0.717, 1.165) is 13.2 Å². The minimum Gasteiger partial charge on any atom is -0.381 e. The average Bonchev–Trinajstić information content (AvgIpc) is 2.78. The van der Waals surface area contributed by atoms with Crippen LogP contribution in [0.1, 0.15) is 168 Å². The van der Waals surface area contributed by atoms with Crippen molar-refractivity contribution in [2.75, 3.05) is 13.2 Å². The van der Waals surface area contributed by atoms with Crippen molar-refractivity contribution in [1.82, 2.24) is 0 Å². The van der Waals surface area contributed by atoms with E-state index in [0.29, 0.717) is 0 Å². The minimum atomic E-state index is 0.985. The molecule has 0 saturated heterocycles. The third-order valence-corrected chi connectivity index (χ3v) is 6.44. The molecule has 0 rings (SSSR count). The van der Waals surface area contributed by atoms with Crippen LogP contribution in [-0.4, -0.2) is 13.2 Å². The van der Waals surface area contributed by atoms with Crippen LogP contribution >= 0.6 is 0 Å². The van der Waals surface area contributed by atoms with E-state index in [9.17, 15) is 0 Å². The number of hydrogen-bond acceptors (Lipinski definition) is 1. The molecular weight excluding hydrogens is 376 g/mol. The third-order valence-electron chi connectivity index (χ3n) is 6.44. The number of ether oxygens (including phenoxy) is 1. The molecule has 0 heterocycles. The summed E-state index contributed by atoms with van der Waals surface area (Å²) in [6.45, 7) is 6.55. The van der Waals surface area contributed by atoms with E-state index in [1.165, 1.54) is 154 Å². The molecule has 0 aromatic rings. The molecule has 0 aliphatic carbocycles. The summed E-state index contributed by atoms with van der Waals surface area (Å²) >= 11 is 0. The maximum atomic E-state index is 5.82. The van der Waals surface area contributed by atoms with Gasteiger partial charge in [0.25, 0.3) is 0 Å². The van der Waals surface area contributed by atoms with Gasteiger partial charge in [-0.2, -0.15) is 0 Å². The lowest BCUT2D eigenvalue weighted by Gasteiger charge is -2.05. The van der Waals surface area contributed by atoms with Gasteiger partial charge < -0.3 is 4.74 Å². The van der Waals surface area contributed by atoms with Gasteiger partial charge in [-0.3, -0.25) is 0 Å². The Balaban J connectivity index is 3.04. The zero-order chi connectivity index (χ0) is 22.5. The molecule has 0 fully saturated rings. The van der Waals surface area contributed by atoms with Gasteiger partial charge in [0.2, 0.25) is 0 Å². The fourth-order valence-electron chi connectivity index (χ4n) is 4.25. The maximum Gasteiger partial charge on any atom is 0.0466 e. The second-order valence-corrected chi connectivity index (χ2v) is 9.73. The molecule has 31 heavy (non-hydrogen) atoms. The Hall–Kier alpha value is -0.300. The second kappa shape index (κ2) is 29.7. The predicted molar refractivity (Wildman–Crippen MR) is 142 cm³/mol. The van der Waals surface area contributed by atoms with Crippen LogP contribution in [0, 0.1) is 0 Å². The van der Waals surface area contributed by atoms with Crippen LogP contribution in [0.2, 0.25) is 0 Å². The van der Waals surface area contributed by atoms with Gasteiger partial charge in [0.05, 0.1) is 0 Å². The zero-order valence-corrected chi connectivity index (χ0v) is 21.9. The molecule has 0 atom stereocenters. The zero-order valence-electron chi connectivity index (χ0n) is 21.9. The molecule has 0 aliphatic heterocycles. The first kappa shape index (κ1) is 30.7. The van der Waals surface area contributed by atoms with Crippen molar-refractivity contribution >= 4 is 0 Å². The first-order valence-corrected chi connectivity index (χ1v) is 14.6. The van der Waals surface area contributed by atoms with Crippen molar-refractivity contribution < 1.29 is 4.74 Å². The van der Waals surface area contributed by atoms with E-state index >= 15 is 0 Å². The highest BCUT2D eigenvalue weighted by Gasteiger charge is 1.95. The molecule has 0 amide bonds. The van der Waals surface area contributed by atoms with Crippen molar-refractivity contribution in [3.8, 4) is 0 Å². The number of hydrogen-bond donors (Lipinski definition) is 0. The number of allylic oxidation sites excluding steroid dienone is 2. The Morgan fingerprint density at radius 1 is 0.355 bits per heavy atom. The monoisotopic (exact) mass is 436 g/mol. The Labute approximate surface area is 198 Å². The largest absolute Gasteiger partial charge is 0.381 e. The van der Waals surface area contributed by atoms with Crippen molar-refractivity contribution in [1.29, 1.82) is 0 Å². The van der Waals surface area contributed by atoms with Crippen LogP contribution in [0.3, 0.4) is 0 Å². The molecule has 0 aromatic heterocycles. The average molecular weight is 437 g/mol. The smallest absolute Gasteiger partial charge is 0.0466 e. The summed E-state index contributed by atoms with van der Waals surface area (Å²) in [6.07, 6.45) is 38.1. The highest BCUT2D eigenvalue weighted by molar-refractivity contribution is 4.81. The highest BCUT2D eigenvalue weighted by Crippen LogP contribution is 2.12. The quantitative estimate of drug-likeness (QED) is 0.0918. The Morgan fingerprint density at radius 2 is 0.645 bits per heavy atom. The van der Waals surface area contributed by atoms with Crippen LogP contribution < -0.4 is 0 Å². The lowest BCUT2D eigenvalue weighted by molar-refractivity contribution is 0.125. The van der Waals surface area contributed by atoms with Crippen molar-refractivity contribution in [3.05, 3.63) is 12.2 Å². The van der Waals surface area contributed by atoms with Crippen LogP contribution in [0.15, 0.2) is 12.2 Å². The van der Waals surface area contributed by atoms with Crippen LogP contribution in [0.4, 0.5) is 0 Å². The SMILES string of the molecule is CCCCCCCC/C=C\CCCCCCCCOCCCCCCCCCCCC. The van der Waals surface area contributed by atoms with Gasteiger partial charge in [-0.25, -0.2) is 0 Å². The summed E-state index contributed by atoms with van der Waals surface area (Å²) < 4.78 is 5.82. The van der Waals surface area contributed by atoms with E-state index in [1.807, 2.05) is 0 Å². The van der Waals surface area contributed by atoms with E-state index < -0.39 is 0 Å². The van der Waals surface area contributed by atoms with Gasteiger partial charge in [0.1, 0.15) is 0 Å². The number of rotatable bonds is 27. The van der Waals surface area contributed by atoms with Crippen molar-refractivity contribution in [2.45, 2.75) is 168 Å². The van der Waals surface area contributed by atoms with Crippen LogP contribution in [-0.2, 0) is 4.74 Å². The first-order valence-electron chi connectivity index (χ1n) is 14.6. The summed E-state index contributed by atoms with van der Waals surface area (Å²) in [6, 6.07) is 0. The topological polar surface area (TPSA) is 9.23 Å². The minimum absolute atomic E-state index is 0.985. The summed E-state index contributed by atoms with van der Waals surface area (Å²) in [5, 5.41) is 0. The van der Waals surface area contributed by atoms with Crippen LogP contribution in [0.25, 0.3) is 0 Å². The number of unbranched alkanes of at least 4 members (excludes halogenated alkanes) is 21. The van der Waals surface area contributed by atoms with Gasteiger partial charge in [-0.1, -0.05) is 142 Å². The Kier molecular flexibility index (Phi) is 29.4. The van der Waals surface area contributed by atoms with Crippen molar-refractivity contribution in [3.63, 3.8) is 0 Å². The molecule has 186 valence electrons. The highest BCUT2D eigenvalue weighted by atomic mass is 16.5. The molecule has 0 unspecified atom stereocenters. The van der Waals surface area contributed by atoms with E-state index in [4.69, 9.17) is 4.74 Å². The van der Waals surface area contributed by atoms with Gasteiger partial charge >= 0.3 is 0 Å². The maximum absolute atomic E-state index is 5.82. The molecule has 0 aliphatic rings. The molecule has 0 saturated carbocycles. The molecule has 0 N–H and O–H groups in total. The summed E-state index contributed by atoms with van der Waals surface area (Å²) in [4.78, 5) is 0. The van der Waals surface area contributed by atoms with Crippen LogP contribution in [0.5, 0.6) is 0 Å². The van der Waals surface area contributed by atoms with E-state index in [-0.39, 0.29) is 0 Å². The molecule has 0 radical (unpaired) electrons.